The van der Waals surface area contributed by atoms with Gasteiger partial charge in [0.15, 0.2) is 0 Å². The Morgan fingerprint density at radius 1 is 1.27 bits per heavy atom. The van der Waals surface area contributed by atoms with E-state index in [9.17, 15) is 9.59 Å². The van der Waals surface area contributed by atoms with E-state index in [1.54, 1.807) is 19.1 Å². The highest BCUT2D eigenvalue weighted by Gasteiger charge is 2.17. The molecule has 1 N–H and O–H groups in total. The summed E-state index contributed by atoms with van der Waals surface area (Å²) in [5, 5.41) is 3.25. The largest absolute Gasteiger partial charge is 0.462 e. The van der Waals surface area contributed by atoms with E-state index in [1.165, 1.54) is 17.4 Å². The van der Waals surface area contributed by atoms with Crippen molar-refractivity contribution in [1.29, 1.82) is 0 Å². The van der Waals surface area contributed by atoms with E-state index in [4.69, 9.17) is 4.74 Å². The normalized spacial score (nSPS) is 10.6. The lowest BCUT2D eigenvalue weighted by atomic mass is 10.2. The van der Waals surface area contributed by atoms with Gasteiger partial charge in [-0.3, -0.25) is 4.79 Å². The van der Waals surface area contributed by atoms with Crippen LogP contribution < -0.4 is 5.32 Å². The standard InChI is InChI=1S/C17H17NO3S/c1-3-21-17(20)14-11-12(2)22-16(14)18-15(19)10-9-13-7-5-4-6-8-13/h4-11H,3H2,1-2H3,(H,18,19). The van der Waals surface area contributed by atoms with Crippen molar-refractivity contribution in [2.75, 3.05) is 11.9 Å². The first kappa shape index (κ1) is 16.0. The predicted octanol–water partition coefficient (Wildman–Crippen LogP) is 3.89. The number of benzene rings is 1. The van der Waals surface area contributed by atoms with Crippen molar-refractivity contribution >= 4 is 34.3 Å². The maximum atomic E-state index is 12.0. The first-order chi connectivity index (χ1) is 10.6. The molecule has 0 bridgehead atoms. The monoisotopic (exact) mass is 315 g/mol. The molecule has 5 heteroatoms. The molecular weight excluding hydrogens is 298 g/mol. The van der Waals surface area contributed by atoms with E-state index in [1.807, 2.05) is 37.3 Å². The number of thiophene rings is 1. The van der Waals surface area contributed by atoms with E-state index in [0.717, 1.165) is 10.4 Å². The lowest BCUT2D eigenvalue weighted by Crippen LogP contribution is -2.11. The minimum absolute atomic E-state index is 0.281. The first-order valence-electron chi connectivity index (χ1n) is 6.92. The summed E-state index contributed by atoms with van der Waals surface area (Å²) in [5.74, 6) is -0.703. The number of esters is 1. The number of nitrogens with one attached hydrogen (secondary N) is 1. The number of rotatable bonds is 5. The van der Waals surface area contributed by atoms with E-state index in [-0.39, 0.29) is 5.91 Å². The molecule has 0 aliphatic carbocycles. The smallest absolute Gasteiger partial charge is 0.341 e. The number of amides is 1. The maximum Gasteiger partial charge on any atom is 0.341 e. The summed E-state index contributed by atoms with van der Waals surface area (Å²) in [6, 6.07) is 11.3. The van der Waals surface area contributed by atoms with Gasteiger partial charge in [-0.2, -0.15) is 0 Å². The summed E-state index contributed by atoms with van der Waals surface area (Å²) < 4.78 is 4.99. The summed E-state index contributed by atoms with van der Waals surface area (Å²) in [6.07, 6.45) is 3.17. The number of carbonyl (C=O) groups is 2. The van der Waals surface area contributed by atoms with Crippen LogP contribution in [0.5, 0.6) is 0 Å². The zero-order valence-electron chi connectivity index (χ0n) is 12.5. The van der Waals surface area contributed by atoms with Crippen molar-refractivity contribution in [3.05, 3.63) is 58.5 Å². The fraction of sp³-hybridized carbons (Fsp3) is 0.176. The van der Waals surface area contributed by atoms with Crippen LogP contribution in [0.3, 0.4) is 0 Å². The SMILES string of the molecule is CCOC(=O)c1cc(C)sc1NC(=O)C=Cc1ccccc1. The van der Waals surface area contributed by atoms with E-state index in [2.05, 4.69) is 5.32 Å². The van der Waals surface area contributed by atoms with Crippen molar-refractivity contribution in [3.8, 4) is 0 Å². The van der Waals surface area contributed by atoms with Gasteiger partial charge in [0.25, 0.3) is 0 Å². The van der Waals surface area contributed by atoms with Crippen LogP contribution in [0.1, 0.15) is 27.7 Å². The van der Waals surface area contributed by atoms with Gasteiger partial charge < -0.3 is 10.1 Å². The molecule has 114 valence electrons. The molecule has 4 nitrogen and oxygen atoms in total. The summed E-state index contributed by atoms with van der Waals surface area (Å²) >= 11 is 1.35. The van der Waals surface area contributed by atoms with Crippen LogP contribution in [0.25, 0.3) is 6.08 Å². The van der Waals surface area contributed by atoms with Crippen LogP contribution in [0.4, 0.5) is 5.00 Å². The molecule has 1 aromatic carbocycles. The van der Waals surface area contributed by atoms with Gasteiger partial charge in [0.1, 0.15) is 5.00 Å². The Labute approximate surface area is 133 Å². The molecule has 22 heavy (non-hydrogen) atoms. The number of hydrogen-bond donors (Lipinski definition) is 1. The van der Waals surface area contributed by atoms with Crippen molar-refractivity contribution in [2.45, 2.75) is 13.8 Å². The highest BCUT2D eigenvalue weighted by atomic mass is 32.1. The zero-order valence-corrected chi connectivity index (χ0v) is 13.3. The molecule has 0 aliphatic rings. The van der Waals surface area contributed by atoms with Crippen LogP contribution in [-0.4, -0.2) is 18.5 Å². The molecule has 1 aromatic heterocycles. The van der Waals surface area contributed by atoms with Crippen LogP contribution in [0.15, 0.2) is 42.5 Å². The molecule has 0 aliphatic heterocycles. The molecule has 0 saturated heterocycles. The van der Waals surface area contributed by atoms with Crippen molar-refractivity contribution < 1.29 is 14.3 Å². The molecule has 0 spiro atoms. The fourth-order valence-corrected chi connectivity index (χ4v) is 2.76. The predicted molar refractivity (Wildman–Crippen MR) is 89.1 cm³/mol. The molecular formula is C17H17NO3S. The molecule has 0 fully saturated rings. The van der Waals surface area contributed by atoms with Gasteiger partial charge in [-0.1, -0.05) is 30.3 Å². The average Bonchev–Trinajstić information content (AvgIpc) is 2.87. The topological polar surface area (TPSA) is 55.4 Å². The Balaban J connectivity index is 2.08. The summed E-state index contributed by atoms with van der Waals surface area (Å²) in [4.78, 5) is 24.8. The van der Waals surface area contributed by atoms with Gasteiger partial charge >= 0.3 is 5.97 Å². The van der Waals surface area contributed by atoms with Crippen molar-refractivity contribution in [3.63, 3.8) is 0 Å². The molecule has 2 rings (SSSR count). The van der Waals surface area contributed by atoms with Crippen LogP contribution in [-0.2, 0) is 9.53 Å². The average molecular weight is 315 g/mol. The molecule has 0 saturated carbocycles. The summed E-state index contributed by atoms with van der Waals surface area (Å²) in [6.45, 7) is 3.93. The number of carbonyl (C=O) groups excluding carboxylic acids is 2. The summed E-state index contributed by atoms with van der Waals surface area (Å²) in [7, 11) is 0. The minimum Gasteiger partial charge on any atom is -0.462 e. The van der Waals surface area contributed by atoms with Crippen LogP contribution in [0, 0.1) is 6.92 Å². The Hall–Kier alpha value is -2.40. The lowest BCUT2D eigenvalue weighted by molar-refractivity contribution is -0.111. The van der Waals surface area contributed by atoms with Crippen LogP contribution >= 0.6 is 11.3 Å². The van der Waals surface area contributed by atoms with E-state index in [0.29, 0.717) is 17.2 Å². The second kappa shape index (κ2) is 7.56. The van der Waals surface area contributed by atoms with Crippen molar-refractivity contribution in [2.24, 2.45) is 0 Å². The van der Waals surface area contributed by atoms with Gasteiger partial charge in [-0.25, -0.2) is 4.79 Å². The molecule has 1 heterocycles. The molecule has 1 amide bonds. The second-order valence-electron chi connectivity index (χ2n) is 4.55. The van der Waals surface area contributed by atoms with Gasteiger partial charge in [0.05, 0.1) is 12.2 Å². The number of anilines is 1. The Bertz CT molecular complexity index is 689. The Morgan fingerprint density at radius 2 is 2.00 bits per heavy atom. The second-order valence-corrected chi connectivity index (χ2v) is 5.81. The number of aryl methyl sites for hydroxylation is 1. The number of ether oxygens (including phenoxy) is 1. The van der Waals surface area contributed by atoms with Gasteiger partial charge in [0, 0.05) is 11.0 Å². The van der Waals surface area contributed by atoms with Gasteiger partial charge in [-0.05, 0) is 31.6 Å². The van der Waals surface area contributed by atoms with E-state index >= 15 is 0 Å². The Morgan fingerprint density at radius 3 is 2.68 bits per heavy atom. The lowest BCUT2D eigenvalue weighted by Gasteiger charge is -2.03. The van der Waals surface area contributed by atoms with E-state index < -0.39 is 5.97 Å². The van der Waals surface area contributed by atoms with Crippen LogP contribution in [0.2, 0.25) is 0 Å². The molecule has 0 unspecified atom stereocenters. The third-order valence-electron chi connectivity index (χ3n) is 2.81. The molecule has 0 atom stereocenters. The van der Waals surface area contributed by atoms with Gasteiger partial charge in [-0.15, -0.1) is 11.3 Å². The Kier molecular flexibility index (Phi) is 5.49. The van der Waals surface area contributed by atoms with Gasteiger partial charge in [0.2, 0.25) is 5.91 Å². The maximum absolute atomic E-state index is 12.0. The molecule has 2 aromatic rings. The highest BCUT2D eigenvalue weighted by molar-refractivity contribution is 7.16. The molecule has 0 radical (unpaired) electrons. The highest BCUT2D eigenvalue weighted by Crippen LogP contribution is 2.28. The quantitative estimate of drug-likeness (QED) is 0.673. The fourth-order valence-electron chi connectivity index (χ4n) is 1.86. The minimum atomic E-state index is -0.422. The third kappa shape index (κ3) is 4.30. The first-order valence-corrected chi connectivity index (χ1v) is 7.73. The zero-order chi connectivity index (χ0) is 15.9. The third-order valence-corrected chi connectivity index (χ3v) is 3.78. The summed E-state index contributed by atoms with van der Waals surface area (Å²) in [5.41, 5.74) is 1.33. The van der Waals surface area contributed by atoms with Crippen molar-refractivity contribution in [1.82, 2.24) is 0 Å². The number of hydrogen-bond acceptors (Lipinski definition) is 4.